The number of amides is 2. The lowest BCUT2D eigenvalue weighted by Gasteiger charge is -2.30. The Morgan fingerprint density at radius 1 is 1.17 bits per heavy atom. The highest BCUT2D eigenvalue weighted by molar-refractivity contribution is 5.80. The minimum Gasteiger partial charge on any atom is -0.480 e. The lowest BCUT2D eigenvalue weighted by molar-refractivity contribution is -0.138. The second-order valence-electron chi connectivity index (χ2n) is 4.60. The number of urea groups is 1. The van der Waals surface area contributed by atoms with Crippen molar-refractivity contribution in [2.45, 2.75) is 39.2 Å². The number of aliphatic hydroxyl groups is 1. The first-order chi connectivity index (χ1) is 8.40. The lowest BCUT2D eigenvalue weighted by Crippen LogP contribution is -2.47. The van der Waals surface area contributed by atoms with Crippen LogP contribution in [0.25, 0.3) is 0 Å². The molecule has 0 aliphatic heterocycles. The van der Waals surface area contributed by atoms with Crippen LogP contribution in [-0.4, -0.2) is 64.8 Å². The van der Waals surface area contributed by atoms with Crippen molar-refractivity contribution in [3.8, 4) is 0 Å². The molecule has 0 heterocycles. The van der Waals surface area contributed by atoms with Gasteiger partial charge in [-0.15, -0.1) is 0 Å². The molecule has 0 bridgehead atoms. The van der Waals surface area contributed by atoms with Gasteiger partial charge >= 0.3 is 12.0 Å². The number of hydrogen-bond donors (Lipinski definition) is 2. The fraction of sp³-hybridized carbons (Fsp3) is 0.833. The summed E-state index contributed by atoms with van der Waals surface area (Å²) in [6.45, 7) is 4.04. The standard InChI is InChI=1S/C12H24N2O4/c1-10(2)14(9-11(16)17)12(18)13(3)7-5-4-6-8-15/h10,15H,4-9H2,1-3H3,(H,16,17). The van der Waals surface area contributed by atoms with Crippen LogP contribution in [0.5, 0.6) is 0 Å². The maximum Gasteiger partial charge on any atom is 0.323 e. The molecule has 6 nitrogen and oxygen atoms in total. The molecule has 0 saturated heterocycles. The maximum atomic E-state index is 12.0. The molecule has 2 amide bonds. The minimum atomic E-state index is -1.01. The largest absolute Gasteiger partial charge is 0.480 e. The van der Waals surface area contributed by atoms with E-state index in [1.54, 1.807) is 20.9 Å². The zero-order valence-corrected chi connectivity index (χ0v) is 11.4. The van der Waals surface area contributed by atoms with Gasteiger partial charge in [0.05, 0.1) is 0 Å². The average molecular weight is 260 g/mol. The molecule has 0 saturated carbocycles. The van der Waals surface area contributed by atoms with Crippen molar-refractivity contribution in [2.75, 3.05) is 26.7 Å². The van der Waals surface area contributed by atoms with E-state index in [0.717, 1.165) is 19.3 Å². The van der Waals surface area contributed by atoms with E-state index in [4.69, 9.17) is 10.2 Å². The summed E-state index contributed by atoms with van der Waals surface area (Å²) in [6, 6.07) is -0.412. The monoisotopic (exact) mass is 260 g/mol. The normalized spacial score (nSPS) is 10.5. The SMILES string of the molecule is CC(C)N(CC(=O)O)C(=O)N(C)CCCCCO. The topological polar surface area (TPSA) is 81.1 Å². The van der Waals surface area contributed by atoms with Crippen molar-refractivity contribution in [1.82, 2.24) is 9.80 Å². The second kappa shape index (κ2) is 8.74. The van der Waals surface area contributed by atoms with E-state index in [2.05, 4.69) is 0 Å². The zero-order chi connectivity index (χ0) is 14.1. The Hall–Kier alpha value is -1.30. The number of unbranched alkanes of at least 4 members (excludes halogenated alkanes) is 2. The molecule has 2 N–H and O–H groups in total. The molecule has 0 aliphatic carbocycles. The molecule has 106 valence electrons. The van der Waals surface area contributed by atoms with Gasteiger partial charge in [0.25, 0.3) is 0 Å². The summed E-state index contributed by atoms with van der Waals surface area (Å²) in [7, 11) is 1.67. The number of rotatable bonds is 8. The quantitative estimate of drug-likeness (QED) is 0.638. The van der Waals surface area contributed by atoms with Crippen LogP contribution in [0, 0.1) is 0 Å². The summed E-state index contributed by atoms with van der Waals surface area (Å²) in [6.07, 6.45) is 2.39. The van der Waals surface area contributed by atoms with Crippen LogP contribution >= 0.6 is 0 Å². The lowest BCUT2D eigenvalue weighted by atomic mass is 10.2. The summed E-state index contributed by atoms with van der Waals surface area (Å²) in [5.74, 6) is -1.01. The third-order valence-electron chi connectivity index (χ3n) is 2.65. The van der Waals surface area contributed by atoms with Gasteiger partial charge in [-0.25, -0.2) is 4.79 Å². The van der Waals surface area contributed by atoms with E-state index < -0.39 is 5.97 Å². The van der Waals surface area contributed by atoms with Crippen LogP contribution in [0.2, 0.25) is 0 Å². The highest BCUT2D eigenvalue weighted by atomic mass is 16.4. The third-order valence-corrected chi connectivity index (χ3v) is 2.65. The number of carboxylic acids is 1. The molecule has 0 atom stereocenters. The molecular formula is C12H24N2O4. The predicted octanol–water partition coefficient (Wildman–Crippen LogP) is 0.996. The van der Waals surface area contributed by atoms with Crippen LogP contribution in [0.3, 0.4) is 0 Å². The van der Waals surface area contributed by atoms with Crippen molar-refractivity contribution >= 4 is 12.0 Å². The molecular weight excluding hydrogens is 236 g/mol. The van der Waals surface area contributed by atoms with Crippen molar-refractivity contribution in [1.29, 1.82) is 0 Å². The zero-order valence-electron chi connectivity index (χ0n) is 11.4. The number of nitrogens with zero attached hydrogens (tertiary/aromatic N) is 2. The first-order valence-corrected chi connectivity index (χ1v) is 6.24. The number of hydrogen-bond acceptors (Lipinski definition) is 3. The van der Waals surface area contributed by atoms with Gasteiger partial charge in [-0.3, -0.25) is 4.79 Å². The molecule has 18 heavy (non-hydrogen) atoms. The highest BCUT2D eigenvalue weighted by Gasteiger charge is 2.22. The Kier molecular flexibility index (Phi) is 8.11. The molecule has 0 unspecified atom stereocenters. The summed E-state index contributed by atoms with van der Waals surface area (Å²) < 4.78 is 0. The van der Waals surface area contributed by atoms with Gasteiger partial charge in [0.1, 0.15) is 6.54 Å². The van der Waals surface area contributed by atoms with E-state index in [0.29, 0.717) is 6.54 Å². The molecule has 0 radical (unpaired) electrons. The molecule has 0 aromatic carbocycles. The number of carbonyl (C=O) groups excluding carboxylic acids is 1. The fourth-order valence-corrected chi connectivity index (χ4v) is 1.57. The van der Waals surface area contributed by atoms with Crippen LogP contribution in [-0.2, 0) is 4.79 Å². The first kappa shape index (κ1) is 16.7. The molecule has 0 spiro atoms. The van der Waals surface area contributed by atoms with Crippen molar-refractivity contribution < 1.29 is 19.8 Å². The van der Waals surface area contributed by atoms with E-state index >= 15 is 0 Å². The Morgan fingerprint density at radius 3 is 2.22 bits per heavy atom. The molecule has 6 heteroatoms. The summed E-state index contributed by atoms with van der Waals surface area (Å²) in [4.78, 5) is 25.6. The summed E-state index contributed by atoms with van der Waals surface area (Å²) in [5.41, 5.74) is 0. The molecule has 0 fully saturated rings. The van der Waals surface area contributed by atoms with Crippen LogP contribution in [0.4, 0.5) is 4.79 Å². The van der Waals surface area contributed by atoms with Crippen LogP contribution < -0.4 is 0 Å². The number of carboxylic acid groups (broad SMARTS) is 1. The van der Waals surface area contributed by atoms with Gasteiger partial charge in [-0.2, -0.15) is 0 Å². The Bertz CT molecular complexity index is 269. The molecule has 0 aliphatic rings. The van der Waals surface area contributed by atoms with E-state index in [-0.39, 0.29) is 25.2 Å². The van der Waals surface area contributed by atoms with E-state index in [1.165, 1.54) is 9.80 Å². The smallest absolute Gasteiger partial charge is 0.323 e. The van der Waals surface area contributed by atoms with Crippen molar-refractivity contribution in [3.63, 3.8) is 0 Å². The molecule has 0 rings (SSSR count). The van der Waals surface area contributed by atoms with Crippen molar-refractivity contribution in [2.24, 2.45) is 0 Å². The molecule has 0 aromatic heterocycles. The minimum absolute atomic E-state index is 0.145. The van der Waals surface area contributed by atoms with Crippen LogP contribution in [0.15, 0.2) is 0 Å². The van der Waals surface area contributed by atoms with Gasteiger partial charge < -0.3 is 20.0 Å². The average Bonchev–Trinajstić information content (AvgIpc) is 2.30. The third kappa shape index (κ3) is 6.44. The van der Waals surface area contributed by atoms with Crippen LogP contribution in [0.1, 0.15) is 33.1 Å². The van der Waals surface area contributed by atoms with E-state index in [9.17, 15) is 9.59 Å². The van der Waals surface area contributed by atoms with Crippen molar-refractivity contribution in [3.05, 3.63) is 0 Å². The Balaban J connectivity index is 4.25. The van der Waals surface area contributed by atoms with Gasteiger partial charge in [-0.05, 0) is 33.1 Å². The van der Waals surface area contributed by atoms with E-state index in [1.807, 2.05) is 0 Å². The van der Waals surface area contributed by atoms with Gasteiger partial charge in [-0.1, -0.05) is 0 Å². The molecule has 0 aromatic rings. The Morgan fingerprint density at radius 2 is 1.78 bits per heavy atom. The predicted molar refractivity (Wildman–Crippen MR) is 68.4 cm³/mol. The fourth-order valence-electron chi connectivity index (χ4n) is 1.57. The second-order valence-corrected chi connectivity index (χ2v) is 4.60. The Labute approximate surface area is 108 Å². The van der Waals surface area contributed by atoms with Gasteiger partial charge in [0, 0.05) is 26.2 Å². The van der Waals surface area contributed by atoms with Gasteiger partial charge in [0.2, 0.25) is 0 Å². The van der Waals surface area contributed by atoms with Gasteiger partial charge in [0.15, 0.2) is 0 Å². The highest BCUT2D eigenvalue weighted by Crippen LogP contribution is 2.05. The number of aliphatic hydroxyl groups excluding tert-OH is 1. The number of aliphatic carboxylic acids is 1. The maximum absolute atomic E-state index is 12.0. The summed E-state index contributed by atoms with van der Waals surface area (Å²) in [5, 5.41) is 17.4. The summed E-state index contributed by atoms with van der Waals surface area (Å²) >= 11 is 0. The number of carbonyl (C=O) groups is 2. The first-order valence-electron chi connectivity index (χ1n) is 6.24.